The van der Waals surface area contributed by atoms with Gasteiger partial charge < -0.3 is 5.32 Å². The summed E-state index contributed by atoms with van der Waals surface area (Å²) < 4.78 is 152. The lowest BCUT2D eigenvalue weighted by atomic mass is 9.71. The molecule has 0 spiro atoms. The van der Waals surface area contributed by atoms with Gasteiger partial charge in [-0.3, -0.25) is 4.79 Å². The maximum atomic E-state index is 14.8. The van der Waals surface area contributed by atoms with E-state index in [1.807, 2.05) is 0 Å². The molecule has 0 unspecified atom stereocenters. The molecule has 3 nitrogen and oxygen atoms in total. The average molecular weight is 500 g/mol. The van der Waals surface area contributed by atoms with Crippen LogP contribution in [0.25, 0.3) is 0 Å². The van der Waals surface area contributed by atoms with Gasteiger partial charge in [-0.1, -0.05) is 6.92 Å². The molecule has 0 radical (unpaired) electrons. The highest BCUT2D eigenvalue weighted by atomic mass is 32.1. The van der Waals surface area contributed by atoms with Crippen LogP contribution in [0.3, 0.4) is 0 Å². The predicted octanol–water partition coefficient (Wildman–Crippen LogP) is 5.58. The van der Waals surface area contributed by atoms with Gasteiger partial charge in [0.15, 0.2) is 0 Å². The van der Waals surface area contributed by atoms with Gasteiger partial charge in [-0.05, 0) is 30.7 Å². The Bertz CT molecular complexity index is 981. The van der Waals surface area contributed by atoms with Gasteiger partial charge in [0.1, 0.15) is 11.1 Å². The van der Waals surface area contributed by atoms with Gasteiger partial charge in [0, 0.05) is 4.88 Å². The third-order valence-corrected chi connectivity index (χ3v) is 6.78. The molecule has 15 heteroatoms. The van der Waals surface area contributed by atoms with Crippen LogP contribution in [-0.4, -0.2) is 41.2 Å². The second kappa shape index (κ2) is 6.71. The Kier molecular flexibility index (Phi) is 5.14. The summed E-state index contributed by atoms with van der Waals surface area (Å²) in [7, 11) is 0. The zero-order chi connectivity index (χ0) is 24.7. The van der Waals surface area contributed by atoms with Crippen molar-refractivity contribution in [1.29, 1.82) is 5.26 Å². The van der Waals surface area contributed by atoms with E-state index in [0.717, 1.165) is 5.32 Å². The molecule has 32 heavy (non-hydrogen) atoms. The number of thiophene rings is 1. The van der Waals surface area contributed by atoms with Crippen LogP contribution in [0, 0.1) is 17.2 Å². The Morgan fingerprint density at radius 1 is 0.938 bits per heavy atom. The van der Waals surface area contributed by atoms with E-state index < -0.39 is 51.8 Å². The summed E-state index contributed by atoms with van der Waals surface area (Å²) in [6.45, 7) is 1.77. The highest BCUT2D eigenvalue weighted by Crippen LogP contribution is 2.69. The van der Waals surface area contributed by atoms with Crippen LogP contribution in [0.4, 0.5) is 53.3 Å². The van der Waals surface area contributed by atoms with Gasteiger partial charge in [0.05, 0.1) is 5.56 Å². The third-order valence-electron chi connectivity index (χ3n) is 5.61. The molecule has 1 amide bonds. The molecule has 0 aromatic carbocycles. The monoisotopic (exact) mass is 500 g/mol. The van der Waals surface area contributed by atoms with Crippen LogP contribution in [0.2, 0.25) is 0 Å². The van der Waals surface area contributed by atoms with Crippen LogP contribution < -0.4 is 5.32 Å². The molecule has 1 aromatic rings. The smallest absolute Gasteiger partial charge is 0.313 e. The number of alkyl halides is 11. The van der Waals surface area contributed by atoms with Crippen molar-refractivity contribution in [2.24, 2.45) is 5.92 Å². The fourth-order valence-corrected chi connectivity index (χ4v) is 5.01. The molecule has 1 atom stereocenters. The number of rotatable bonds is 2. The van der Waals surface area contributed by atoms with Crippen LogP contribution in [-0.2, 0) is 17.6 Å². The van der Waals surface area contributed by atoms with E-state index in [-0.39, 0.29) is 24.3 Å². The molecule has 1 heterocycles. The van der Waals surface area contributed by atoms with Gasteiger partial charge >= 0.3 is 35.3 Å². The lowest BCUT2D eigenvalue weighted by Crippen LogP contribution is -2.86. The van der Waals surface area contributed by atoms with Crippen molar-refractivity contribution in [2.75, 3.05) is 5.32 Å². The lowest BCUT2D eigenvalue weighted by Gasteiger charge is -2.51. The van der Waals surface area contributed by atoms with Gasteiger partial charge in [-0.15, -0.1) is 11.3 Å². The van der Waals surface area contributed by atoms with Crippen molar-refractivity contribution in [3.05, 3.63) is 16.0 Å². The SMILES string of the molecule is C[C@H]1CCc2c(sc(NC(=O)C3(F)C(F)(F)C(F)(F)C(F)(F)C(F)(F)C3(F)F)c2C#N)C1. The first-order valence-corrected chi connectivity index (χ1v) is 9.58. The first kappa shape index (κ1) is 24.5. The third kappa shape index (κ3) is 2.55. The van der Waals surface area contributed by atoms with Crippen molar-refractivity contribution in [3.8, 4) is 6.07 Å². The summed E-state index contributed by atoms with van der Waals surface area (Å²) in [5, 5.41) is 9.47. The van der Waals surface area contributed by atoms with Crippen LogP contribution in [0.1, 0.15) is 29.3 Å². The second-order valence-corrected chi connectivity index (χ2v) is 8.76. The summed E-state index contributed by atoms with van der Waals surface area (Å²) in [5.41, 5.74) is -7.03. The van der Waals surface area contributed by atoms with E-state index in [1.54, 1.807) is 6.92 Å². The maximum Gasteiger partial charge on any atom is 0.384 e. The summed E-state index contributed by atoms with van der Waals surface area (Å²) in [6, 6.07) is 1.51. The van der Waals surface area contributed by atoms with E-state index in [2.05, 4.69) is 0 Å². The number of hydrogen-bond acceptors (Lipinski definition) is 3. The Morgan fingerprint density at radius 3 is 1.88 bits per heavy atom. The number of amides is 1. The topological polar surface area (TPSA) is 52.9 Å². The molecular formula is C17H11F11N2OS. The molecule has 0 bridgehead atoms. The molecule has 1 aromatic heterocycles. The molecule has 1 fully saturated rings. The van der Waals surface area contributed by atoms with Crippen molar-refractivity contribution in [3.63, 3.8) is 0 Å². The normalized spacial score (nSPS) is 28.3. The van der Waals surface area contributed by atoms with Crippen LogP contribution in [0.5, 0.6) is 0 Å². The van der Waals surface area contributed by atoms with Gasteiger partial charge in [-0.25, -0.2) is 4.39 Å². The fraction of sp³-hybridized carbons (Fsp3) is 0.647. The second-order valence-electron chi connectivity index (χ2n) is 7.65. The summed E-state index contributed by atoms with van der Waals surface area (Å²) >= 11 is 0.447. The van der Waals surface area contributed by atoms with E-state index >= 15 is 0 Å². The number of nitriles is 1. The van der Waals surface area contributed by atoms with E-state index in [4.69, 9.17) is 0 Å². The largest absolute Gasteiger partial charge is 0.384 e. The van der Waals surface area contributed by atoms with Crippen molar-refractivity contribution in [2.45, 2.75) is 61.5 Å². The number of halogens is 11. The van der Waals surface area contributed by atoms with E-state index in [9.17, 15) is 58.4 Å². The van der Waals surface area contributed by atoms with Crippen LogP contribution >= 0.6 is 11.3 Å². The summed E-state index contributed by atoms with van der Waals surface area (Å²) in [6.07, 6.45) is 1.00. The molecule has 2 aliphatic rings. The van der Waals surface area contributed by atoms with Crippen LogP contribution in [0.15, 0.2) is 0 Å². The highest BCUT2D eigenvalue weighted by molar-refractivity contribution is 7.16. The average Bonchev–Trinajstić information content (AvgIpc) is 3.01. The molecule has 0 aliphatic heterocycles. The Morgan fingerprint density at radius 2 is 1.41 bits per heavy atom. The minimum atomic E-state index is -7.40. The molecule has 0 saturated heterocycles. The quantitative estimate of drug-likeness (QED) is 0.539. The number of hydrogen-bond donors (Lipinski definition) is 1. The predicted molar refractivity (Wildman–Crippen MR) is 87.4 cm³/mol. The number of anilines is 1. The first-order valence-electron chi connectivity index (χ1n) is 8.77. The Balaban J connectivity index is 2.14. The number of nitrogens with one attached hydrogen (secondary N) is 1. The lowest BCUT2D eigenvalue weighted by molar-refractivity contribution is -0.475. The maximum absolute atomic E-state index is 14.8. The molecule has 3 rings (SSSR count). The first-order chi connectivity index (χ1) is 14.3. The summed E-state index contributed by atoms with van der Waals surface area (Å²) in [4.78, 5) is 12.5. The fourth-order valence-electron chi connectivity index (χ4n) is 3.65. The van der Waals surface area contributed by atoms with Crippen molar-refractivity contribution < 1.29 is 53.1 Å². The molecular weight excluding hydrogens is 489 g/mol. The molecule has 2 aliphatic carbocycles. The van der Waals surface area contributed by atoms with E-state index in [1.165, 1.54) is 6.07 Å². The van der Waals surface area contributed by atoms with Gasteiger partial charge in [0.2, 0.25) is 0 Å². The summed E-state index contributed by atoms with van der Waals surface area (Å²) in [5.74, 6) is -40.1. The molecule has 178 valence electrons. The zero-order valence-corrected chi connectivity index (χ0v) is 16.4. The highest BCUT2D eigenvalue weighted by Gasteiger charge is 3.02. The standard InChI is InChI=1S/C17H11F11N2OS/c1-6-2-3-7-8(5-29)10(32-9(7)4-6)30-11(31)12(18)13(19,20)15(23,24)17(27,28)16(25,26)14(12,21)22/h6H,2-4H2,1H3,(H,30,31)/t6-/m0/s1. The van der Waals surface area contributed by atoms with E-state index in [0.29, 0.717) is 22.6 Å². The zero-order valence-electron chi connectivity index (χ0n) is 15.6. The number of carbonyl (C=O) groups is 1. The minimum absolute atomic E-state index is 0.0374. The molecule has 1 N–H and O–H groups in total. The minimum Gasteiger partial charge on any atom is -0.313 e. The van der Waals surface area contributed by atoms with Crippen molar-refractivity contribution >= 4 is 22.2 Å². The number of nitrogens with zero attached hydrogens (tertiary/aromatic N) is 1. The Labute approximate surface area is 176 Å². The number of carbonyl (C=O) groups excluding carboxylic acids is 1. The van der Waals surface area contributed by atoms with Gasteiger partial charge in [0.25, 0.3) is 5.91 Å². The number of fused-ring (bicyclic) bond motifs is 1. The van der Waals surface area contributed by atoms with Gasteiger partial charge in [-0.2, -0.15) is 49.2 Å². The Hall–Kier alpha value is -2.11. The molecule has 1 saturated carbocycles. The van der Waals surface area contributed by atoms with Crippen molar-refractivity contribution in [1.82, 2.24) is 0 Å².